The molecular formula is C16H20N2O3. The van der Waals surface area contributed by atoms with Crippen molar-refractivity contribution in [1.29, 1.82) is 0 Å². The van der Waals surface area contributed by atoms with E-state index < -0.39 is 0 Å². The second-order valence-electron chi connectivity index (χ2n) is 6.08. The fourth-order valence-corrected chi connectivity index (χ4v) is 2.42. The molecule has 0 unspecified atom stereocenters. The van der Waals surface area contributed by atoms with E-state index in [-0.39, 0.29) is 18.8 Å². The molecule has 0 saturated carbocycles. The summed E-state index contributed by atoms with van der Waals surface area (Å²) in [6, 6.07) is 5.90. The van der Waals surface area contributed by atoms with Crippen molar-refractivity contribution in [3.8, 4) is 11.5 Å². The minimum absolute atomic E-state index is 0.00886. The molecule has 0 spiro atoms. The van der Waals surface area contributed by atoms with E-state index in [2.05, 4.69) is 24.1 Å². The first-order chi connectivity index (χ1) is 10.1. The quantitative estimate of drug-likeness (QED) is 0.885. The van der Waals surface area contributed by atoms with Crippen molar-refractivity contribution in [1.82, 2.24) is 4.98 Å². The van der Waals surface area contributed by atoms with Crippen LogP contribution in [0.25, 0.3) is 10.8 Å². The van der Waals surface area contributed by atoms with Gasteiger partial charge in [-0.2, -0.15) is 0 Å². The van der Waals surface area contributed by atoms with E-state index in [0.717, 1.165) is 41.1 Å². The third-order valence-electron chi connectivity index (χ3n) is 3.78. The van der Waals surface area contributed by atoms with E-state index in [1.807, 2.05) is 18.2 Å². The van der Waals surface area contributed by atoms with Crippen LogP contribution >= 0.6 is 0 Å². The van der Waals surface area contributed by atoms with Crippen LogP contribution in [0.15, 0.2) is 24.4 Å². The molecule has 5 heteroatoms. The van der Waals surface area contributed by atoms with Crippen molar-refractivity contribution in [2.45, 2.75) is 20.3 Å². The Kier molecular flexibility index (Phi) is 3.59. The van der Waals surface area contributed by atoms with Gasteiger partial charge in [0.05, 0.1) is 0 Å². The van der Waals surface area contributed by atoms with Gasteiger partial charge in [0, 0.05) is 24.7 Å². The Morgan fingerprint density at radius 2 is 2.05 bits per heavy atom. The summed E-state index contributed by atoms with van der Waals surface area (Å²) >= 11 is 0. The number of benzene rings is 1. The molecule has 0 saturated heterocycles. The molecule has 0 atom stereocenters. The number of nitrogens with one attached hydrogen (secondary N) is 1. The van der Waals surface area contributed by atoms with Gasteiger partial charge in [-0.25, -0.2) is 4.98 Å². The van der Waals surface area contributed by atoms with Crippen LogP contribution in [0.3, 0.4) is 0 Å². The van der Waals surface area contributed by atoms with Crippen LogP contribution in [0.1, 0.15) is 20.3 Å². The van der Waals surface area contributed by atoms with Gasteiger partial charge in [-0.15, -0.1) is 0 Å². The molecular weight excluding hydrogens is 268 g/mol. The number of fused-ring (bicyclic) bond motifs is 2. The minimum atomic E-state index is 0.00886. The Hall–Kier alpha value is -2.01. The number of hydrogen-bond acceptors (Lipinski definition) is 5. The molecule has 2 heterocycles. The summed E-state index contributed by atoms with van der Waals surface area (Å²) in [4.78, 5) is 4.43. The third kappa shape index (κ3) is 2.88. The lowest BCUT2D eigenvalue weighted by Gasteiger charge is -2.24. The van der Waals surface area contributed by atoms with E-state index in [4.69, 9.17) is 14.6 Å². The summed E-state index contributed by atoms with van der Waals surface area (Å²) in [6.07, 6.45) is 2.53. The molecule has 2 aromatic rings. The molecule has 3 rings (SSSR count). The Morgan fingerprint density at radius 3 is 2.81 bits per heavy atom. The van der Waals surface area contributed by atoms with Crippen LogP contribution in [0.2, 0.25) is 0 Å². The molecule has 1 aliphatic rings. The average molecular weight is 288 g/mol. The molecule has 21 heavy (non-hydrogen) atoms. The largest absolute Gasteiger partial charge is 0.454 e. The standard InChI is InChI=1S/C16H20N2O3/c1-16(2,4-6-19)9-18-15-12-8-14-13(20-10-21-14)7-11(12)3-5-17-15/h3,5,7-8,19H,4,6,9-10H2,1-2H3,(H,17,18). The van der Waals surface area contributed by atoms with Crippen molar-refractivity contribution in [3.63, 3.8) is 0 Å². The fraction of sp³-hybridized carbons (Fsp3) is 0.438. The lowest BCUT2D eigenvalue weighted by molar-refractivity contribution is 0.174. The Balaban J connectivity index is 1.89. The van der Waals surface area contributed by atoms with Crippen LogP contribution in [-0.4, -0.2) is 30.0 Å². The second-order valence-corrected chi connectivity index (χ2v) is 6.08. The number of pyridine rings is 1. The Morgan fingerprint density at radius 1 is 1.29 bits per heavy atom. The first-order valence-corrected chi connectivity index (χ1v) is 7.12. The summed E-state index contributed by atoms with van der Waals surface area (Å²) < 4.78 is 10.8. The maximum Gasteiger partial charge on any atom is 0.231 e. The van der Waals surface area contributed by atoms with Crippen molar-refractivity contribution in [3.05, 3.63) is 24.4 Å². The average Bonchev–Trinajstić information content (AvgIpc) is 2.90. The van der Waals surface area contributed by atoms with E-state index >= 15 is 0 Å². The highest BCUT2D eigenvalue weighted by molar-refractivity contribution is 5.94. The zero-order valence-electron chi connectivity index (χ0n) is 12.3. The van der Waals surface area contributed by atoms with Crippen LogP contribution in [0.4, 0.5) is 5.82 Å². The lowest BCUT2D eigenvalue weighted by atomic mass is 9.90. The molecule has 1 aromatic carbocycles. The SMILES string of the molecule is CC(C)(CCO)CNc1nccc2cc3c(cc12)OCO3. The number of aliphatic hydroxyl groups excluding tert-OH is 1. The zero-order valence-corrected chi connectivity index (χ0v) is 12.3. The number of aliphatic hydroxyl groups is 1. The molecule has 0 radical (unpaired) electrons. The van der Waals surface area contributed by atoms with Gasteiger partial charge in [0.25, 0.3) is 0 Å². The molecule has 0 fully saturated rings. The number of ether oxygens (including phenoxy) is 2. The van der Waals surface area contributed by atoms with Gasteiger partial charge >= 0.3 is 0 Å². The topological polar surface area (TPSA) is 63.6 Å². The first kappa shape index (κ1) is 13.9. The van der Waals surface area contributed by atoms with Gasteiger partial charge in [-0.05, 0) is 35.4 Å². The Labute approximate surface area is 123 Å². The van der Waals surface area contributed by atoms with Gasteiger partial charge in [-0.1, -0.05) is 13.8 Å². The normalized spacial score (nSPS) is 13.7. The van der Waals surface area contributed by atoms with E-state index in [1.54, 1.807) is 6.20 Å². The highest BCUT2D eigenvalue weighted by atomic mass is 16.7. The summed E-state index contributed by atoms with van der Waals surface area (Å²) in [5.74, 6) is 2.37. The molecule has 0 amide bonds. The third-order valence-corrected chi connectivity index (χ3v) is 3.78. The molecule has 0 aliphatic carbocycles. The predicted octanol–water partition coefficient (Wildman–Crippen LogP) is 2.78. The van der Waals surface area contributed by atoms with Gasteiger partial charge in [0.15, 0.2) is 11.5 Å². The van der Waals surface area contributed by atoms with Crippen LogP contribution in [0, 0.1) is 5.41 Å². The monoisotopic (exact) mass is 288 g/mol. The lowest BCUT2D eigenvalue weighted by Crippen LogP contribution is -2.24. The van der Waals surface area contributed by atoms with E-state index in [9.17, 15) is 0 Å². The molecule has 5 nitrogen and oxygen atoms in total. The summed E-state index contributed by atoms with van der Waals surface area (Å²) in [5.41, 5.74) is 0.00886. The van der Waals surface area contributed by atoms with Crippen LogP contribution < -0.4 is 14.8 Å². The van der Waals surface area contributed by atoms with Crippen molar-refractivity contribution >= 4 is 16.6 Å². The van der Waals surface area contributed by atoms with Gasteiger partial charge in [0.2, 0.25) is 6.79 Å². The minimum Gasteiger partial charge on any atom is -0.454 e. The highest BCUT2D eigenvalue weighted by Crippen LogP contribution is 2.38. The predicted molar refractivity (Wildman–Crippen MR) is 81.8 cm³/mol. The number of rotatable bonds is 5. The smallest absolute Gasteiger partial charge is 0.231 e. The molecule has 1 aromatic heterocycles. The maximum atomic E-state index is 9.10. The molecule has 2 N–H and O–H groups in total. The highest BCUT2D eigenvalue weighted by Gasteiger charge is 2.19. The fourth-order valence-electron chi connectivity index (χ4n) is 2.42. The second kappa shape index (κ2) is 5.41. The first-order valence-electron chi connectivity index (χ1n) is 7.12. The van der Waals surface area contributed by atoms with Crippen molar-refractivity contribution in [2.24, 2.45) is 5.41 Å². The van der Waals surface area contributed by atoms with E-state index in [0.29, 0.717) is 0 Å². The van der Waals surface area contributed by atoms with E-state index in [1.165, 1.54) is 0 Å². The van der Waals surface area contributed by atoms with Gasteiger partial charge < -0.3 is 19.9 Å². The van der Waals surface area contributed by atoms with Gasteiger partial charge in [0.1, 0.15) is 5.82 Å². The summed E-state index contributed by atoms with van der Waals surface area (Å²) in [6.45, 7) is 5.45. The summed E-state index contributed by atoms with van der Waals surface area (Å²) in [7, 11) is 0. The Bertz CT molecular complexity index is 655. The molecule has 0 bridgehead atoms. The molecule has 112 valence electrons. The van der Waals surface area contributed by atoms with Crippen LogP contribution in [0.5, 0.6) is 11.5 Å². The summed E-state index contributed by atoms with van der Waals surface area (Å²) in [5, 5.41) is 14.6. The number of aromatic nitrogens is 1. The van der Waals surface area contributed by atoms with Gasteiger partial charge in [-0.3, -0.25) is 0 Å². The molecule has 1 aliphatic heterocycles. The zero-order chi connectivity index (χ0) is 14.9. The number of hydrogen-bond donors (Lipinski definition) is 2. The number of anilines is 1. The van der Waals surface area contributed by atoms with Crippen molar-refractivity contribution < 1.29 is 14.6 Å². The van der Waals surface area contributed by atoms with Crippen LogP contribution in [-0.2, 0) is 0 Å². The maximum absolute atomic E-state index is 9.10. The number of nitrogens with zero attached hydrogens (tertiary/aromatic N) is 1. The van der Waals surface area contributed by atoms with Crippen molar-refractivity contribution in [2.75, 3.05) is 25.3 Å².